The van der Waals surface area contributed by atoms with Gasteiger partial charge in [-0.2, -0.15) is 0 Å². The van der Waals surface area contributed by atoms with Crippen molar-refractivity contribution < 1.29 is 28.7 Å². The van der Waals surface area contributed by atoms with E-state index in [1.807, 2.05) is 82.4 Å². The lowest BCUT2D eigenvalue weighted by Crippen LogP contribution is -2.38. The Balaban J connectivity index is 0.000000419. The van der Waals surface area contributed by atoms with Crippen LogP contribution in [0.3, 0.4) is 0 Å². The van der Waals surface area contributed by atoms with Gasteiger partial charge in [-0.1, -0.05) is 100 Å². The topological polar surface area (TPSA) is 183 Å². The van der Waals surface area contributed by atoms with E-state index in [4.69, 9.17) is 4.79 Å². The fraction of sp³-hybridized carbons (Fsp3) is 0.457. The standard InChI is InChI=1S/C15H13N5S.C13H18N2O.C8H14N2O2.C4H8O2.C3H8.C2H6.CH2O/c1-16-14-8-20-7-13(21-15(20)19-14)11-4-2-10(3-5-11)12-6-17-9-18-12;1-14-12(11-7-3-2-4-8-11)13(16)15-9-5-6-10-15;1-7(11)9-6-8(12)10-4-2-3-5-10;1-4(2)6-3-5;1-3-2;2*1-2/h2-9,16H,1H3,(H,17,18);2-4,7-8,12,14H,5-6,9-10H2,1H3;2-6H2,1H3,(H,9,11);3-4H,1-2H3;3H2,1-2H3;1-2H3;1H2. The number of rotatable bonds is 10. The van der Waals surface area contributed by atoms with Gasteiger partial charge in [0.25, 0.3) is 6.47 Å². The van der Waals surface area contributed by atoms with E-state index in [1.165, 1.54) is 23.8 Å². The first-order valence-corrected chi connectivity index (χ1v) is 22.0. The second-order valence-electron chi connectivity index (χ2n) is 13.9. The summed E-state index contributed by atoms with van der Waals surface area (Å²) in [6.45, 7) is 19.4. The molecule has 16 heteroatoms. The molecule has 3 aromatic heterocycles. The molecular formula is C46H69N9O6S. The smallest absolute Gasteiger partial charge is 0.293 e. The van der Waals surface area contributed by atoms with Gasteiger partial charge < -0.3 is 40.3 Å². The van der Waals surface area contributed by atoms with Gasteiger partial charge in [0, 0.05) is 46.3 Å². The van der Waals surface area contributed by atoms with Crippen LogP contribution in [0.4, 0.5) is 5.82 Å². The van der Waals surface area contributed by atoms with E-state index in [0.717, 1.165) is 79.5 Å². The zero-order chi connectivity index (χ0) is 46.3. The van der Waals surface area contributed by atoms with E-state index in [0.29, 0.717) is 6.47 Å². The predicted molar refractivity (Wildman–Crippen MR) is 251 cm³/mol. The average molecular weight is 876 g/mol. The fourth-order valence-electron chi connectivity index (χ4n) is 5.87. The molecule has 2 saturated heterocycles. The molecular weight excluding hydrogens is 807 g/mol. The first-order chi connectivity index (χ1) is 30.0. The van der Waals surface area contributed by atoms with Crippen molar-refractivity contribution in [3.8, 4) is 21.7 Å². The number of aromatic nitrogens is 4. The molecule has 5 aromatic rings. The zero-order valence-corrected chi connectivity index (χ0v) is 38.9. The van der Waals surface area contributed by atoms with Crippen molar-refractivity contribution in [3.05, 3.63) is 85.1 Å². The van der Waals surface area contributed by atoms with Gasteiger partial charge in [-0.15, -0.1) is 0 Å². The van der Waals surface area contributed by atoms with Gasteiger partial charge >= 0.3 is 0 Å². The number of hydrogen-bond donors (Lipinski definition) is 4. The summed E-state index contributed by atoms with van der Waals surface area (Å²) in [5, 5.41) is 8.65. The minimum absolute atomic E-state index is 0.0301. The molecule has 7 rings (SSSR count). The van der Waals surface area contributed by atoms with E-state index < -0.39 is 0 Å². The number of likely N-dealkylation sites (tertiary alicyclic amines) is 2. The van der Waals surface area contributed by atoms with Crippen molar-refractivity contribution in [2.75, 3.05) is 52.1 Å². The monoisotopic (exact) mass is 876 g/mol. The van der Waals surface area contributed by atoms with Crippen LogP contribution in [0.5, 0.6) is 0 Å². The van der Waals surface area contributed by atoms with Crippen molar-refractivity contribution in [2.45, 2.75) is 92.7 Å². The molecule has 0 radical (unpaired) electrons. The van der Waals surface area contributed by atoms with Gasteiger partial charge in [0.1, 0.15) is 18.6 Å². The summed E-state index contributed by atoms with van der Waals surface area (Å²) in [5.41, 5.74) is 4.40. The molecule has 3 amide bonds. The van der Waals surface area contributed by atoms with Gasteiger partial charge in [0.2, 0.25) is 17.7 Å². The van der Waals surface area contributed by atoms with Crippen LogP contribution in [0.25, 0.3) is 26.7 Å². The lowest BCUT2D eigenvalue weighted by atomic mass is 10.1. The lowest BCUT2D eigenvalue weighted by molar-refractivity contribution is -0.133. The molecule has 0 spiro atoms. The highest BCUT2D eigenvalue weighted by atomic mass is 32.1. The van der Waals surface area contributed by atoms with Gasteiger partial charge in [-0.3, -0.25) is 23.6 Å². The number of hydrogen-bond acceptors (Lipinski definition) is 11. The molecule has 2 aromatic carbocycles. The van der Waals surface area contributed by atoms with Crippen molar-refractivity contribution in [3.63, 3.8) is 0 Å². The minimum atomic E-state index is -0.195. The summed E-state index contributed by atoms with van der Waals surface area (Å²) in [6, 6.07) is 18.2. The highest BCUT2D eigenvalue weighted by Gasteiger charge is 2.26. The van der Waals surface area contributed by atoms with Crippen molar-refractivity contribution in [1.82, 2.24) is 39.8 Å². The number of amides is 3. The Hall–Kier alpha value is -5.87. The summed E-state index contributed by atoms with van der Waals surface area (Å²) in [7, 11) is 3.72. The number of imidazole rings is 2. The lowest BCUT2D eigenvalue weighted by Gasteiger charge is -2.23. The molecule has 15 nitrogen and oxygen atoms in total. The van der Waals surface area contributed by atoms with Crippen LogP contribution < -0.4 is 16.0 Å². The molecule has 0 saturated carbocycles. The van der Waals surface area contributed by atoms with Gasteiger partial charge in [0.05, 0.1) is 41.9 Å². The summed E-state index contributed by atoms with van der Waals surface area (Å²) in [4.78, 5) is 69.0. The Morgan fingerprint density at radius 2 is 1.45 bits per heavy atom. The van der Waals surface area contributed by atoms with E-state index in [2.05, 4.69) is 84.3 Å². The van der Waals surface area contributed by atoms with E-state index in [1.54, 1.807) is 36.4 Å². The third kappa shape index (κ3) is 19.2. The second-order valence-corrected chi connectivity index (χ2v) is 14.9. The first kappa shape index (κ1) is 54.1. The summed E-state index contributed by atoms with van der Waals surface area (Å²) in [6.07, 6.45) is 13.4. The Kier molecular flexibility index (Phi) is 27.9. The van der Waals surface area contributed by atoms with Crippen LogP contribution >= 0.6 is 11.3 Å². The molecule has 2 aliphatic heterocycles. The number of thiazole rings is 1. The number of nitrogens with zero attached hydrogens (tertiary/aromatic N) is 5. The van der Waals surface area contributed by atoms with E-state index >= 15 is 0 Å². The van der Waals surface area contributed by atoms with Crippen LogP contribution in [0.15, 0.2) is 79.5 Å². The molecule has 0 bridgehead atoms. The number of aromatic amines is 1. The summed E-state index contributed by atoms with van der Waals surface area (Å²) < 4.78 is 6.41. The highest BCUT2D eigenvalue weighted by molar-refractivity contribution is 7.20. The first-order valence-electron chi connectivity index (χ1n) is 21.2. The second kappa shape index (κ2) is 31.9. The Labute approximate surface area is 372 Å². The molecule has 2 aliphatic rings. The number of carbonyl (C=O) groups excluding carboxylic acids is 5. The van der Waals surface area contributed by atoms with Crippen LogP contribution in [-0.2, 0) is 28.7 Å². The van der Waals surface area contributed by atoms with E-state index in [9.17, 15) is 19.2 Å². The van der Waals surface area contributed by atoms with Crippen molar-refractivity contribution in [1.29, 1.82) is 0 Å². The van der Waals surface area contributed by atoms with Crippen molar-refractivity contribution in [2.24, 2.45) is 0 Å². The number of nitrogens with one attached hydrogen (secondary N) is 4. The SMILES string of the molecule is C=O.CC.CC(=O)NCC(=O)N1CCCC1.CC(C)OC=O.CCC.CNC(C(=O)N1CCCC1)c1ccccc1.CNc1cn2cc(-c3ccc(-c4cnc[nH]4)cc3)sc2n1. The molecule has 5 heterocycles. The fourth-order valence-corrected chi connectivity index (χ4v) is 6.84. The van der Waals surface area contributed by atoms with Crippen LogP contribution in [0.2, 0.25) is 0 Å². The van der Waals surface area contributed by atoms with Gasteiger partial charge in [-0.05, 0) is 63.3 Å². The van der Waals surface area contributed by atoms with Crippen LogP contribution in [-0.4, -0.2) is 113 Å². The molecule has 1 atom stereocenters. The predicted octanol–water partition coefficient (Wildman–Crippen LogP) is 7.63. The largest absolute Gasteiger partial charge is 0.465 e. The van der Waals surface area contributed by atoms with Gasteiger partial charge in [-0.25, -0.2) is 9.97 Å². The highest BCUT2D eigenvalue weighted by Crippen LogP contribution is 2.30. The Bertz CT molecular complexity index is 1910. The molecule has 0 aliphatic carbocycles. The number of likely N-dealkylation sites (N-methyl/N-ethyl adjacent to an activating group) is 1. The third-order valence-corrected chi connectivity index (χ3v) is 9.80. The number of anilines is 1. The molecule has 4 N–H and O–H groups in total. The van der Waals surface area contributed by atoms with Gasteiger partial charge in [0.15, 0.2) is 4.96 Å². The third-order valence-electron chi connectivity index (χ3n) is 8.75. The van der Waals surface area contributed by atoms with Crippen LogP contribution in [0.1, 0.15) is 92.2 Å². The summed E-state index contributed by atoms with van der Waals surface area (Å²) >= 11 is 1.68. The number of H-pyrrole nitrogens is 1. The quantitative estimate of drug-likeness (QED) is 0.102. The Morgan fingerprint density at radius 3 is 1.90 bits per heavy atom. The number of carbonyl (C=O) groups is 5. The maximum absolute atomic E-state index is 12.2. The zero-order valence-electron chi connectivity index (χ0n) is 38.1. The summed E-state index contributed by atoms with van der Waals surface area (Å²) in [5.74, 6) is 0.971. The molecule has 2 fully saturated rings. The molecule has 340 valence electrons. The van der Waals surface area contributed by atoms with Crippen molar-refractivity contribution >= 4 is 53.1 Å². The molecule has 62 heavy (non-hydrogen) atoms. The Morgan fingerprint density at radius 1 is 0.887 bits per heavy atom. The maximum Gasteiger partial charge on any atom is 0.293 e. The number of benzene rings is 2. The number of fused-ring (bicyclic) bond motifs is 1. The minimum Gasteiger partial charge on any atom is -0.465 e. The molecule has 1 unspecified atom stereocenters. The van der Waals surface area contributed by atoms with Crippen LogP contribution in [0, 0.1) is 0 Å². The average Bonchev–Trinajstić information content (AvgIpc) is 4.15. The normalized spacial score (nSPS) is 12.7. The maximum atomic E-state index is 12.2. The van der Waals surface area contributed by atoms with E-state index in [-0.39, 0.29) is 36.4 Å². The number of ether oxygens (including phenoxy) is 1.